The highest BCUT2D eigenvalue weighted by atomic mass is 16.5. The Kier molecular flexibility index (Phi) is 3.34. The first kappa shape index (κ1) is 12.3. The molecule has 0 amide bonds. The molecule has 0 aliphatic carbocycles. The van der Waals surface area contributed by atoms with Crippen molar-refractivity contribution in [2.45, 2.75) is 39.9 Å². The maximum Gasteiger partial charge on any atom is 0.169 e. The van der Waals surface area contributed by atoms with E-state index in [0.29, 0.717) is 0 Å². The van der Waals surface area contributed by atoms with Crippen LogP contribution in [0.5, 0.6) is 0 Å². The van der Waals surface area contributed by atoms with Gasteiger partial charge in [-0.3, -0.25) is 4.79 Å². The zero-order valence-electron chi connectivity index (χ0n) is 10.9. The van der Waals surface area contributed by atoms with Crippen LogP contribution in [0.4, 0.5) is 0 Å². The molecule has 1 aromatic carbocycles. The van der Waals surface area contributed by atoms with Crippen LogP contribution < -0.4 is 0 Å². The predicted octanol–water partition coefficient (Wildman–Crippen LogP) is 3.24. The van der Waals surface area contributed by atoms with Crippen molar-refractivity contribution in [1.29, 1.82) is 0 Å². The predicted molar refractivity (Wildman–Crippen MR) is 68.2 cm³/mol. The molecule has 2 heteroatoms. The topological polar surface area (TPSA) is 26.3 Å². The number of ether oxygens (including phenoxy) is 1. The van der Waals surface area contributed by atoms with Gasteiger partial charge in [0.05, 0.1) is 18.1 Å². The minimum absolute atomic E-state index is 0.00824. The normalized spacial score (nSPS) is 32.7. The van der Waals surface area contributed by atoms with Crippen LogP contribution in [0.1, 0.15) is 36.7 Å². The molecule has 2 nitrogen and oxygen atoms in total. The van der Waals surface area contributed by atoms with Crippen LogP contribution in [0.3, 0.4) is 0 Å². The summed E-state index contributed by atoms with van der Waals surface area (Å²) >= 11 is 0. The Morgan fingerprint density at radius 1 is 1.12 bits per heavy atom. The van der Waals surface area contributed by atoms with Crippen LogP contribution >= 0.6 is 0 Å². The van der Waals surface area contributed by atoms with E-state index in [9.17, 15) is 4.79 Å². The zero-order valence-corrected chi connectivity index (χ0v) is 10.9. The zero-order chi connectivity index (χ0) is 12.6. The molecule has 92 valence electrons. The van der Waals surface area contributed by atoms with Crippen LogP contribution in [0, 0.1) is 18.8 Å². The summed E-state index contributed by atoms with van der Waals surface area (Å²) < 4.78 is 5.75. The molecule has 0 radical (unpaired) electrons. The number of aryl methyl sites for hydroxylation is 1. The third kappa shape index (κ3) is 2.14. The molecule has 17 heavy (non-hydrogen) atoms. The van der Waals surface area contributed by atoms with Crippen molar-refractivity contribution in [3.05, 3.63) is 35.4 Å². The molecule has 1 saturated heterocycles. The summed E-state index contributed by atoms with van der Waals surface area (Å²) in [6.45, 7) is 8.14. The number of rotatable bonds is 2. The monoisotopic (exact) mass is 232 g/mol. The van der Waals surface area contributed by atoms with Crippen molar-refractivity contribution < 1.29 is 9.53 Å². The van der Waals surface area contributed by atoms with E-state index < -0.39 is 0 Å². The second kappa shape index (κ2) is 4.61. The second-order valence-corrected chi connectivity index (χ2v) is 5.11. The van der Waals surface area contributed by atoms with Gasteiger partial charge in [0.25, 0.3) is 0 Å². The first-order chi connectivity index (χ1) is 8.02. The second-order valence-electron chi connectivity index (χ2n) is 5.11. The van der Waals surface area contributed by atoms with Crippen LogP contribution in [0.15, 0.2) is 24.3 Å². The van der Waals surface area contributed by atoms with Gasteiger partial charge in [-0.15, -0.1) is 0 Å². The van der Waals surface area contributed by atoms with Crippen molar-refractivity contribution in [3.63, 3.8) is 0 Å². The summed E-state index contributed by atoms with van der Waals surface area (Å²) in [7, 11) is 0. The molecule has 1 aliphatic heterocycles. The minimum atomic E-state index is -0.00824. The Balaban J connectivity index is 2.30. The van der Waals surface area contributed by atoms with Gasteiger partial charge in [0, 0.05) is 5.56 Å². The lowest BCUT2D eigenvalue weighted by molar-refractivity contribution is 0.0491. The Hall–Kier alpha value is -1.15. The lowest BCUT2D eigenvalue weighted by Gasteiger charge is -2.18. The van der Waals surface area contributed by atoms with E-state index in [1.807, 2.05) is 45.0 Å². The smallest absolute Gasteiger partial charge is 0.169 e. The van der Waals surface area contributed by atoms with E-state index in [-0.39, 0.29) is 29.8 Å². The lowest BCUT2D eigenvalue weighted by atomic mass is 9.82. The number of benzene rings is 1. The molecule has 1 fully saturated rings. The maximum absolute atomic E-state index is 12.6. The molecule has 1 heterocycles. The average molecular weight is 232 g/mol. The molecule has 1 aliphatic rings. The standard InChI is InChI=1S/C15H20O2/c1-9-7-5-6-8-13(9)15(16)14-10(2)11(3)17-12(14)4/h5-8,10-12,14H,1-4H3. The summed E-state index contributed by atoms with van der Waals surface area (Å²) in [4.78, 5) is 12.6. The lowest BCUT2D eigenvalue weighted by Crippen LogP contribution is -2.27. The van der Waals surface area contributed by atoms with Gasteiger partial charge in [-0.1, -0.05) is 31.2 Å². The number of hydrogen-bond acceptors (Lipinski definition) is 2. The fourth-order valence-corrected chi connectivity index (χ4v) is 2.75. The maximum atomic E-state index is 12.6. The van der Waals surface area contributed by atoms with Crippen molar-refractivity contribution in [2.75, 3.05) is 0 Å². The SMILES string of the molecule is Cc1ccccc1C(=O)C1C(C)OC(C)C1C. The molecular weight excluding hydrogens is 212 g/mol. The molecule has 0 spiro atoms. The number of hydrogen-bond donors (Lipinski definition) is 0. The Bertz CT molecular complexity index is 425. The fraction of sp³-hybridized carbons (Fsp3) is 0.533. The molecule has 0 N–H and O–H groups in total. The number of carbonyl (C=O) groups excluding carboxylic acids is 1. The number of carbonyl (C=O) groups is 1. The van der Waals surface area contributed by atoms with E-state index in [1.165, 1.54) is 0 Å². The average Bonchev–Trinajstić information content (AvgIpc) is 2.53. The van der Waals surface area contributed by atoms with Gasteiger partial charge in [-0.05, 0) is 32.3 Å². The number of ketones is 1. The Labute approximate surface area is 103 Å². The Morgan fingerprint density at radius 3 is 2.29 bits per heavy atom. The van der Waals surface area contributed by atoms with Gasteiger partial charge < -0.3 is 4.74 Å². The summed E-state index contributed by atoms with van der Waals surface area (Å²) in [6, 6.07) is 7.80. The molecule has 0 aromatic heterocycles. The summed E-state index contributed by atoms with van der Waals surface area (Å²) in [6.07, 6.45) is 0.190. The number of Topliss-reactive ketones (excluding diaryl/α,β-unsaturated/α-hetero) is 1. The van der Waals surface area contributed by atoms with E-state index in [0.717, 1.165) is 11.1 Å². The molecule has 4 unspecified atom stereocenters. The first-order valence-electron chi connectivity index (χ1n) is 6.27. The molecule has 0 saturated carbocycles. The summed E-state index contributed by atoms with van der Waals surface area (Å²) in [5.41, 5.74) is 1.89. The summed E-state index contributed by atoms with van der Waals surface area (Å²) in [5.74, 6) is 0.510. The van der Waals surface area contributed by atoms with Gasteiger partial charge in [0.15, 0.2) is 5.78 Å². The van der Waals surface area contributed by atoms with E-state index in [1.54, 1.807) is 0 Å². The van der Waals surface area contributed by atoms with Crippen LogP contribution in [0.25, 0.3) is 0 Å². The molecular formula is C15H20O2. The molecule has 4 atom stereocenters. The summed E-state index contributed by atoms with van der Waals surface area (Å²) in [5, 5.41) is 0. The third-order valence-electron chi connectivity index (χ3n) is 3.96. The molecule has 1 aromatic rings. The van der Waals surface area contributed by atoms with Gasteiger partial charge in [-0.2, -0.15) is 0 Å². The van der Waals surface area contributed by atoms with Crippen LogP contribution in [-0.2, 0) is 4.74 Å². The minimum Gasteiger partial charge on any atom is -0.374 e. The third-order valence-corrected chi connectivity index (χ3v) is 3.96. The molecule has 0 bridgehead atoms. The van der Waals surface area contributed by atoms with Gasteiger partial charge in [0.1, 0.15) is 0 Å². The van der Waals surface area contributed by atoms with Gasteiger partial charge in [-0.25, -0.2) is 0 Å². The van der Waals surface area contributed by atoms with E-state index in [4.69, 9.17) is 4.74 Å². The largest absolute Gasteiger partial charge is 0.374 e. The highest BCUT2D eigenvalue weighted by Crippen LogP contribution is 2.34. The van der Waals surface area contributed by atoms with Crippen molar-refractivity contribution in [1.82, 2.24) is 0 Å². The van der Waals surface area contributed by atoms with Gasteiger partial charge in [0.2, 0.25) is 0 Å². The highest BCUT2D eigenvalue weighted by molar-refractivity contribution is 5.99. The quantitative estimate of drug-likeness (QED) is 0.732. The van der Waals surface area contributed by atoms with E-state index >= 15 is 0 Å². The van der Waals surface area contributed by atoms with Crippen molar-refractivity contribution in [3.8, 4) is 0 Å². The van der Waals surface area contributed by atoms with E-state index in [2.05, 4.69) is 6.92 Å². The first-order valence-corrected chi connectivity index (χ1v) is 6.27. The highest BCUT2D eigenvalue weighted by Gasteiger charge is 2.41. The van der Waals surface area contributed by atoms with Crippen LogP contribution in [-0.4, -0.2) is 18.0 Å². The van der Waals surface area contributed by atoms with Crippen LogP contribution in [0.2, 0.25) is 0 Å². The molecule has 2 rings (SSSR count). The van der Waals surface area contributed by atoms with Crippen molar-refractivity contribution in [2.24, 2.45) is 11.8 Å². The Morgan fingerprint density at radius 2 is 1.76 bits per heavy atom. The fourth-order valence-electron chi connectivity index (χ4n) is 2.75. The van der Waals surface area contributed by atoms with Gasteiger partial charge >= 0.3 is 0 Å². The van der Waals surface area contributed by atoms with Crippen molar-refractivity contribution >= 4 is 5.78 Å².